The molecule has 1 aliphatic carbocycles. The Morgan fingerprint density at radius 2 is 1.70 bits per heavy atom. The van der Waals surface area contributed by atoms with Gasteiger partial charge >= 0.3 is 0 Å². The molecule has 1 saturated carbocycles. The molecular weight excluding hydrogens is 400 g/mol. The molecule has 0 saturated heterocycles. The monoisotopic (exact) mass is 422 g/mol. The molecule has 1 N–H and O–H groups in total. The molecule has 4 rings (SSSR count). The topological polar surface area (TPSA) is 42.0 Å². The van der Waals surface area contributed by atoms with Crippen LogP contribution in [0.4, 0.5) is 0 Å². The maximum atomic E-state index is 13.2. The number of amides is 1. The van der Waals surface area contributed by atoms with E-state index in [0.29, 0.717) is 5.56 Å². The molecule has 0 bridgehead atoms. The van der Waals surface area contributed by atoms with Gasteiger partial charge in [-0.25, -0.2) is 4.98 Å². The molecule has 1 aliphatic rings. The highest BCUT2D eigenvalue weighted by Crippen LogP contribution is 2.28. The van der Waals surface area contributed by atoms with Crippen molar-refractivity contribution in [3.8, 4) is 11.3 Å². The summed E-state index contributed by atoms with van der Waals surface area (Å²) in [6, 6.07) is 18.2. The zero-order chi connectivity index (χ0) is 18.6. The summed E-state index contributed by atoms with van der Waals surface area (Å²) in [7, 11) is 0. The number of nitrogens with zero attached hydrogens (tertiary/aromatic N) is 1. The highest BCUT2D eigenvalue weighted by molar-refractivity contribution is 9.10. The van der Waals surface area contributed by atoms with Crippen LogP contribution in [-0.4, -0.2) is 16.9 Å². The van der Waals surface area contributed by atoms with Gasteiger partial charge in [0.15, 0.2) is 0 Å². The molecule has 0 aliphatic heterocycles. The van der Waals surface area contributed by atoms with Gasteiger partial charge in [0.25, 0.3) is 5.91 Å². The highest BCUT2D eigenvalue weighted by Gasteiger charge is 2.19. The smallest absolute Gasteiger partial charge is 0.252 e. The van der Waals surface area contributed by atoms with Crippen molar-refractivity contribution in [2.45, 2.75) is 44.6 Å². The van der Waals surface area contributed by atoms with E-state index in [-0.39, 0.29) is 11.9 Å². The summed E-state index contributed by atoms with van der Waals surface area (Å²) < 4.78 is 0.952. The summed E-state index contributed by atoms with van der Waals surface area (Å²) in [5, 5.41) is 4.17. The molecule has 1 amide bonds. The van der Waals surface area contributed by atoms with Gasteiger partial charge in [-0.05, 0) is 37.1 Å². The van der Waals surface area contributed by atoms with Gasteiger partial charge in [0.1, 0.15) is 0 Å². The van der Waals surface area contributed by atoms with Gasteiger partial charge in [0.05, 0.1) is 16.8 Å². The molecule has 0 atom stereocenters. The van der Waals surface area contributed by atoms with E-state index in [4.69, 9.17) is 4.98 Å². The second-order valence-corrected chi connectivity index (χ2v) is 8.16. The van der Waals surface area contributed by atoms with Gasteiger partial charge in [0, 0.05) is 21.5 Å². The van der Waals surface area contributed by atoms with Crippen LogP contribution in [0.3, 0.4) is 0 Å². The van der Waals surface area contributed by atoms with Crippen LogP contribution in [-0.2, 0) is 0 Å². The molecule has 1 fully saturated rings. The van der Waals surface area contributed by atoms with Crippen LogP contribution in [0.1, 0.15) is 48.9 Å². The van der Waals surface area contributed by atoms with Gasteiger partial charge in [-0.2, -0.15) is 0 Å². The number of pyridine rings is 1. The molecule has 0 radical (unpaired) electrons. The first-order chi connectivity index (χ1) is 13.2. The van der Waals surface area contributed by atoms with E-state index in [1.807, 2.05) is 54.6 Å². The fourth-order valence-corrected chi connectivity index (χ4v) is 4.19. The van der Waals surface area contributed by atoms with Crippen LogP contribution < -0.4 is 5.32 Å². The third-order valence-corrected chi connectivity index (χ3v) is 5.77. The predicted octanol–water partition coefficient (Wildman–Crippen LogP) is 6.12. The maximum Gasteiger partial charge on any atom is 0.252 e. The highest BCUT2D eigenvalue weighted by atomic mass is 79.9. The zero-order valence-electron chi connectivity index (χ0n) is 15.2. The number of hydrogen-bond acceptors (Lipinski definition) is 2. The van der Waals surface area contributed by atoms with Crippen LogP contribution in [0.2, 0.25) is 0 Å². The molecule has 2 aromatic carbocycles. The largest absolute Gasteiger partial charge is 0.349 e. The van der Waals surface area contributed by atoms with E-state index in [1.165, 1.54) is 25.7 Å². The number of fused-ring (bicyclic) bond motifs is 1. The summed E-state index contributed by atoms with van der Waals surface area (Å²) in [6.07, 6.45) is 7.09. The Bertz CT molecular complexity index is 947. The molecule has 138 valence electrons. The predicted molar refractivity (Wildman–Crippen MR) is 114 cm³/mol. The van der Waals surface area contributed by atoms with Crippen molar-refractivity contribution < 1.29 is 4.79 Å². The van der Waals surface area contributed by atoms with Crippen LogP contribution >= 0.6 is 15.9 Å². The molecule has 3 nitrogen and oxygen atoms in total. The fraction of sp³-hybridized carbons (Fsp3) is 0.304. The maximum absolute atomic E-state index is 13.2. The number of carbonyl (C=O) groups excluding carboxylic acids is 1. The summed E-state index contributed by atoms with van der Waals surface area (Å²) in [4.78, 5) is 18.0. The quantitative estimate of drug-likeness (QED) is 0.516. The van der Waals surface area contributed by atoms with E-state index in [2.05, 4.69) is 21.2 Å². The third-order valence-electron chi connectivity index (χ3n) is 5.28. The molecule has 27 heavy (non-hydrogen) atoms. The Kier molecular flexibility index (Phi) is 5.53. The van der Waals surface area contributed by atoms with E-state index in [9.17, 15) is 4.79 Å². The minimum absolute atomic E-state index is 0.00424. The molecule has 1 heterocycles. The Morgan fingerprint density at radius 3 is 2.44 bits per heavy atom. The number of carbonyl (C=O) groups is 1. The van der Waals surface area contributed by atoms with Crippen molar-refractivity contribution in [3.63, 3.8) is 0 Å². The second-order valence-electron chi connectivity index (χ2n) is 7.24. The number of rotatable bonds is 3. The van der Waals surface area contributed by atoms with E-state index < -0.39 is 0 Å². The van der Waals surface area contributed by atoms with Gasteiger partial charge in [0.2, 0.25) is 0 Å². The summed E-state index contributed by atoms with van der Waals surface area (Å²) in [5.41, 5.74) is 3.39. The Morgan fingerprint density at radius 1 is 0.963 bits per heavy atom. The number of nitrogens with one attached hydrogen (secondary N) is 1. The van der Waals surface area contributed by atoms with Crippen molar-refractivity contribution in [3.05, 3.63) is 64.6 Å². The first-order valence-electron chi connectivity index (χ1n) is 9.67. The zero-order valence-corrected chi connectivity index (χ0v) is 16.8. The average Bonchev–Trinajstić information content (AvgIpc) is 2.96. The molecule has 3 aromatic rings. The lowest BCUT2D eigenvalue weighted by Crippen LogP contribution is -2.34. The third kappa shape index (κ3) is 4.22. The summed E-state index contributed by atoms with van der Waals surface area (Å²) >= 11 is 3.53. The normalized spacial score (nSPS) is 15.4. The standard InChI is InChI=1S/C23H23BrN2O/c24-17-12-13-21-19(14-17)20(15-22(26-21)16-8-4-3-5-9-16)23(27)25-18-10-6-1-2-7-11-18/h3-5,8-9,12-15,18H,1-2,6-7,10-11H2,(H,25,27). The molecule has 1 aromatic heterocycles. The van der Waals surface area contributed by atoms with Gasteiger partial charge in [-0.1, -0.05) is 71.9 Å². The number of benzene rings is 2. The number of aromatic nitrogens is 1. The van der Waals surface area contributed by atoms with Crippen molar-refractivity contribution in [1.29, 1.82) is 0 Å². The molecular formula is C23H23BrN2O. The van der Waals surface area contributed by atoms with E-state index in [0.717, 1.165) is 39.5 Å². The first kappa shape index (κ1) is 18.2. The van der Waals surface area contributed by atoms with Crippen LogP contribution in [0, 0.1) is 0 Å². The SMILES string of the molecule is O=C(NC1CCCCCC1)c1cc(-c2ccccc2)nc2ccc(Br)cc12. The number of halogens is 1. The van der Waals surface area contributed by atoms with E-state index in [1.54, 1.807) is 0 Å². The van der Waals surface area contributed by atoms with Crippen molar-refractivity contribution in [2.75, 3.05) is 0 Å². The molecule has 0 spiro atoms. The molecule has 4 heteroatoms. The average molecular weight is 423 g/mol. The summed E-state index contributed by atoms with van der Waals surface area (Å²) in [6.45, 7) is 0. The van der Waals surface area contributed by atoms with Crippen LogP contribution in [0.5, 0.6) is 0 Å². The lowest BCUT2D eigenvalue weighted by Gasteiger charge is -2.17. The lowest BCUT2D eigenvalue weighted by molar-refractivity contribution is 0.0935. The Balaban J connectivity index is 1.74. The minimum atomic E-state index is 0.00424. The van der Waals surface area contributed by atoms with Crippen molar-refractivity contribution >= 4 is 32.7 Å². The van der Waals surface area contributed by atoms with Crippen LogP contribution in [0.15, 0.2) is 59.1 Å². The second kappa shape index (κ2) is 8.22. The first-order valence-corrected chi connectivity index (χ1v) is 10.5. The van der Waals surface area contributed by atoms with Crippen molar-refractivity contribution in [1.82, 2.24) is 10.3 Å². The molecule has 0 unspecified atom stereocenters. The lowest BCUT2D eigenvalue weighted by atomic mass is 10.0. The van der Waals surface area contributed by atoms with E-state index >= 15 is 0 Å². The number of hydrogen-bond donors (Lipinski definition) is 1. The van der Waals surface area contributed by atoms with Crippen molar-refractivity contribution in [2.24, 2.45) is 0 Å². The Hall–Kier alpha value is -2.20. The van der Waals surface area contributed by atoms with Crippen LogP contribution in [0.25, 0.3) is 22.2 Å². The van der Waals surface area contributed by atoms with Gasteiger partial charge in [-0.15, -0.1) is 0 Å². The summed E-state index contributed by atoms with van der Waals surface area (Å²) in [5.74, 6) is 0.00424. The Labute approximate surface area is 168 Å². The van der Waals surface area contributed by atoms with Gasteiger partial charge in [-0.3, -0.25) is 4.79 Å². The van der Waals surface area contributed by atoms with Gasteiger partial charge < -0.3 is 5.32 Å². The fourth-order valence-electron chi connectivity index (χ4n) is 3.83. The minimum Gasteiger partial charge on any atom is -0.349 e.